The van der Waals surface area contributed by atoms with Gasteiger partial charge in [-0.25, -0.2) is 8.78 Å². The van der Waals surface area contributed by atoms with Crippen molar-refractivity contribution in [3.8, 4) is 0 Å². The van der Waals surface area contributed by atoms with Crippen molar-refractivity contribution < 1.29 is 13.6 Å². The maximum Gasteiger partial charge on any atom is 0.251 e. The number of amides is 1. The molecule has 8 heteroatoms. The Bertz CT molecular complexity index is 754. The third-order valence-corrected chi connectivity index (χ3v) is 5.24. The summed E-state index contributed by atoms with van der Waals surface area (Å²) in [4.78, 5) is 12.0. The van der Waals surface area contributed by atoms with Gasteiger partial charge in [-0.2, -0.15) is 0 Å². The second kappa shape index (κ2) is 8.62. The maximum absolute atomic E-state index is 13.2. The molecule has 1 saturated carbocycles. The van der Waals surface area contributed by atoms with Crippen LogP contribution in [0.1, 0.15) is 54.3 Å². The Balaban J connectivity index is 1.55. The molecule has 0 saturated heterocycles. The predicted octanol–water partition coefficient (Wildman–Crippen LogP) is 3.76. The number of carbonyl (C=O) groups excluding carboxylic acids is 1. The van der Waals surface area contributed by atoms with Crippen molar-refractivity contribution in [1.82, 2.24) is 20.1 Å². The molecule has 0 bridgehead atoms. The van der Waals surface area contributed by atoms with Crippen molar-refractivity contribution >= 4 is 17.7 Å². The molecule has 0 unspecified atom stereocenters. The van der Waals surface area contributed by atoms with Crippen LogP contribution in [-0.4, -0.2) is 33.5 Å². The lowest BCUT2D eigenvalue weighted by atomic mass is 10.2. The highest BCUT2D eigenvalue weighted by atomic mass is 32.2. The van der Waals surface area contributed by atoms with Crippen molar-refractivity contribution in [3.05, 3.63) is 41.2 Å². The van der Waals surface area contributed by atoms with E-state index in [0.717, 1.165) is 42.0 Å². The molecule has 0 atom stereocenters. The lowest BCUT2D eigenvalue weighted by Gasteiger charge is -2.16. The van der Waals surface area contributed by atoms with Crippen LogP contribution in [-0.2, 0) is 6.42 Å². The Morgan fingerprint density at radius 3 is 2.58 bits per heavy atom. The summed E-state index contributed by atoms with van der Waals surface area (Å²) in [7, 11) is 0. The fraction of sp³-hybridized carbons (Fsp3) is 0.500. The number of aryl methyl sites for hydroxylation is 1. The van der Waals surface area contributed by atoms with Crippen LogP contribution >= 0.6 is 11.8 Å². The molecule has 0 radical (unpaired) electrons. The molecule has 1 heterocycles. The minimum absolute atomic E-state index is 0.0127. The fourth-order valence-electron chi connectivity index (χ4n) is 3.38. The Kier molecular flexibility index (Phi) is 6.24. The monoisotopic (exact) mass is 380 g/mol. The van der Waals surface area contributed by atoms with Gasteiger partial charge in [-0.15, -0.1) is 10.2 Å². The molecule has 1 aromatic carbocycles. The molecule has 1 amide bonds. The first kappa shape index (κ1) is 18.8. The number of hydrogen-bond acceptors (Lipinski definition) is 4. The zero-order valence-corrected chi connectivity index (χ0v) is 15.5. The average molecular weight is 380 g/mol. The van der Waals surface area contributed by atoms with E-state index in [1.165, 1.54) is 12.8 Å². The molecule has 1 fully saturated rings. The first-order valence-corrected chi connectivity index (χ1v) is 10.0. The number of nitrogens with zero attached hydrogens (tertiary/aromatic N) is 3. The summed E-state index contributed by atoms with van der Waals surface area (Å²) in [5, 5.41) is 12.2. The molecule has 0 spiro atoms. The molecule has 3 rings (SSSR count). The van der Waals surface area contributed by atoms with Crippen LogP contribution in [0.25, 0.3) is 0 Å². The summed E-state index contributed by atoms with van der Waals surface area (Å²) in [6.07, 6.45) is 8.15. The molecule has 140 valence electrons. The standard InChI is InChI=1S/C18H22F2N4OS/c1-26-18-23-22-16(24(18)15-5-2-3-6-15)7-4-8-21-17(25)12-9-13(19)11-14(20)10-12/h9-11,15H,2-8H2,1H3,(H,21,25). The van der Waals surface area contributed by atoms with Crippen molar-refractivity contribution in [2.75, 3.05) is 12.8 Å². The topological polar surface area (TPSA) is 59.8 Å². The quantitative estimate of drug-likeness (QED) is 0.587. The highest BCUT2D eigenvalue weighted by Gasteiger charge is 2.23. The number of aromatic nitrogens is 3. The smallest absolute Gasteiger partial charge is 0.251 e. The third-order valence-electron chi connectivity index (χ3n) is 4.60. The number of halogens is 2. The molecule has 2 aromatic rings. The van der Waals surface area contributed by atoms with Crippen molar-refractivity contribution in [3.63, 3.8) is 0 Å². The van der Waals surface area contributed by atoms with Gasteiger partial charge in [0.2, 0.25) is 0 Å². The van der Waals surface area contributed by atoms with Gasteiger partial charge in [0, 0.05) is 30.6 Å². The van der Waals surface area contributed by atoms with Gasteiger partial charge >= 0.3 is 0 Å². The molecule has 5 nitrogen and oxygen atoms in total. The largest absolute Gasteiger partial charge is 0.352 e. The van der Waals surface area contributed by atoms with Gasteiger partial charge in [0.25, 0.3) is 5.91 Å². The zero-order valence-electron chi connectivity index (χ0n) is 14.7. The number of nitrogens with one attached hydrogen (secondary N) is 1. The van der Waals surface area contributed by atoms with E-state index < -0.39 is 17.5 Å². The van der Waals surface area contributed by atoms with Crippen LogP contribution in [0, 0.1) is 11.6 Å². The van der Waals surface area contributed by atoms with Gasteiger partial charge in [-0.3, -0.25) is 4.79 Å². The van der Waals surface area contributed by atoms with Gasteiger partial charge in [0.15, 0.2) is 5.16 Å². The minimum atomic E-state index is -0.760. The average Bonchev–Trinajstić information content (AvgIpc) is 3.26. The van der Waals surface area contributed by atoms with E-state index >= 15 is 0 Å². The summed E-state index contributed by atoms with van der Waals surface area (Å²) in [5.41, 5.74) is -0.0127. The summed E-state index contributed by atoms with van der Waals surface area (Å²) in [5.74, 6) is -1.06. The van der Waals surface area contributed by atoms with E-state index in [1.54, 1.807) is 11.8 Å². The minimum Gasteiger partial charge on any atom is -0.352 e. The number of thioether (sulfide) groups is 1. The summed E-state index contributed by atoms with van der Waals surface area (Å²) in [6.45, 7) is 0.406. The predicted molar refractivity (Wildman–Crippen MR) is 96.3 cm³/mol. The summed E-state index contributed by atoms with van der Waals surface area (Å²) in [6, 6.07) is 3.27. The first-order valence-electron chi connectivity index (χ1n) is 8.80. The van der Waals surface area contributed by atoms with Crippen LogP contribution in [0.2, 0.25) is 0 Å². The summed E-state index contributed by atoms with van der Waals surface area (Å²) < 4.78 is 28.6. The van der Waals surface area contributed by atoms with Crippen LogP contribution in [0.4, 0.5) is 8.78 Å². The molecule has 1 N–H and O–H groups in total. The van der Waals surface area contributed by atoms with E-state index in [0.29, 0.717) is 25.4 Å². The highest BCUT2D eigenvalue weighted by molar-refractivity contribution is 7.98. The SMILES string of the molecule is CSc1nnc(CCCNC(=O)c2cc(F)cc(F)c2)n1C1CCCC1. The van der Waals surface area contributed by atoms with E-state index in [4.69, 9.17) is 0 Å². The number of hydrogen-bond donors (Lipinski definition) is 1. The van der Waals surface area contributed by atoms with E-state index in [2.05, 4.69) is 20.1 Å². The Morgan fingerprint density at radius 1 is 1.23 bits per heavy atom. The van der Waals surface area contributed by atoms with E-state index in [9.17, 15) is 13.6 Å². The molecule has 1 aromatic heterocycles. The molecule has 1 aliphatic carbocycles. The van der Waals surface area contributed by atoms with Gasteiger partial charge in [-0.05, 0) is 37.7 Å². The second-order valence-electron chi connectivity index (χ2n) is 6.43. The van der Waals surface area contributed by atoms with Gasteiger partial charge < -0.3 is 9.88 Å². The van der Waals surface area contributed by atoms with Crippen molar-refractivity contribution in [2.24, 2.45) is 0 Å². The Labute approximate surface area is 155 Å². The lowest BCUT2D eigenvalue weighted by Crippen LogP contribution is -2.25. The molecular formula is C18H22F2N4OS. The molecule has 26 heavy (non-hydrogen) atoms. The number of carbonyl (C=O) groups is 1. The zero-order chi connectivity index (χ0) is 18.5. The first-order chi connectivity index (χ1) is 12.6. The van der Waals surface area contributed by atoms with Crippen molar-refractivity contribution in [2.45, 2.75) is 49.7 Å². The molecular weight excluding hydrogens is 358 g/mol. The molecule has 0 aliphatic heterocycles. The summed E-state index contributed by atoms with van der Waals surface area (Å²) >= 11 is 1.60. The van der Waals surface area contributed by atoms with Gasteiger partial charge in [-0.1, -0.05) is 24.6 Å². The lowest BCUT2D eigenvalue weighted by molar-refractivity contribution is 0.0952. The second-order valence-corrected chi connectivity index (χ2v) is 7.20. The van der Waals surface area contributed by atoms with Gasteiger partial charge in [0.05, 0.1) is 0 Å². The van der Waals surface area contributed by atoms with E-state index in [1.807, 2.05) is 6.26 Å². The highest BCUT2D eigenvalue weighted by Crippen LogP contribution is 2.33. The van der Waals surface area contributed by atoms with Gasteiger partial charge in [0.1, 0.15) is 17.5 Å². The van der Waals surface area contributed by atoms with Crippen LogP contribution < -0.4 is 5.32 Å². The fourth-order valence-corrected chi connectivity index (χ4v) is 3.96. The number of benzene rings is 1. The maximum atomic E-state index is 13.2. The Hall–Kier alpha value is -1.96. The normalized spacial score (nSPS) is 14.7. The van der Waals surface area contributed by atoms with Crippen LogP contribution in [0.5, 0.6) is 0 Å². The third kappa shape index (κ3) is 4.41. The van der Waals surface area contributed by atoms with Crippen LogP contribution in [0.3, 0.4) is 0 Å². The Morgan fingerprint density at radius 2 is 1.92 bits per heavy atom. The van der Waals surface area contributed by atoms with E-state index in [-0.39, 0.29) is 5.56 Å². The number of rotatable bonds is 7. The molecule has 1 aliphatic rings. The van der Waals surface area contributed by atoms with Crippen LogP contribution in [0.15, 0.2) is 23.4 Å². The van der Waals surface area contributed by atoms with Crippen molar-refractivity contribution in [1.29, 1.82) is 0 Å².